The van der Waals surface area contributed by atoms with Gasteiger partial charge in [-0.15, -0.1) is 0 Å². The monoisotopic (exact) mass is 330 g/mol. The maximum Gasteiger partial charge on any atom is 0.255 e. The van der Waals surface area contributed by atoms with Crippen molar-refractivity contribution in [1.29, 1.82) is 0 Å². The molecule has 0 spiro atoms. The molecule has 130 valence electrons. The molecule has 24 heavy (non-hydrogen) atoms. The highest BCUT2D eigenvalue weighted by Gasteiger charge is 2.22. The Kier molecular flexibility index (Phi) is 5.62. The molecule has 1 atom stereocenters. The van der Waals surface area contributed by atoms with Crippen LogP contribution in [-0.2, 0) is 7.05 Å². The third-order valence-electron chi connectivity index (χ3n) is 4.31. The minimum Gasteiger partial charge on any atom is -0.496 e. The molecule has 0 saturated carbocycles. The van der Waals surface area contributed by atoms with Crippen molar-refractivity contribution in [1.82, 2.24) is 20.0 Å². The molecule has 1 N–H and O–H groups in total. The van der Waals surface area contributed by atoms with Gasteiger partial charge < -0.3 is 15.0 Å². The average molecular weight is 330 g/mol. The Balaban J connectivity index is 2.19. The molecule has 1 amide bonds. The number of rotatable bonds is 6. The summed E-state index contributed by atoms with van der Waals surface area (Å²) in [5, 5.41) is 7.34. The first-order valence-electron chi connectivity index (χ1n) is 7.94. The van der Waals surface area contributed by atoms with E-state index in [4.69, 9.17) is 4.74 Å². The first kappa shape index (κ1) is 18.0. The fourth-order valence-corrected chi connectivity index (χ4v) is 2.89. The van der Waals surface area contributed by atoms with E-state index in [9.17, 15) is 4.79 Å². The molecular weight excluding hydrogens is 304 g/mol. The van der Waals surface area contributed by atoms with Crippen molar-refractivity contribution in [3.63, 3.8) is 0 Å². The second kappa shape index (κ2) is 7.49. The lowest BCUT2D eigenvalue weighted by atomic mass is 10.0. The molecule has 0 fully saturated rings. The summed E-state index contributed by atoms with van der Waals surface area (Å²) in [5.74, 6) is 0.721. The zero-order chi connectivity index (χ0) is 17.9. The number of carbonyl (C=O) groups excluding carboxylic acids is 1. The molecule has 2 rings (SSSR count). The molecule has 1 heterocycles. The second-order valence-corrected chi connectivity index (χ2v) is 6.10. The number of amides is 1. The molecule has 1 aromatic heterocycles. The number of ether oxygens (including phenoxy) is 1. The Morgan fingerprint density at radius 2 is 2.00 bits per heavy atom. The lowest BCUT2D eigenvalue weighted by Gasteiger charge is -2.26. The van der Waals surface area contributed by atoms with E-state index in [0.29, 0.717) is 12.1 Å². The van der Waals surface area contributed by atoms with Crippen LogP contribution in [0, 0.1) is 13.8 Å². The van der Waals surface area contributed by atoms with E-state index in [-0.39, 0.29) is 11.9 Å². The molecule has 0 aliphatic rings. The van der Waals surface area contributed by atoms with Crippen molar-refractivity contribution in [3.8, 4) is 5.75 Å². The zero-order valence-electron chi connectivity index (χ0n) is 15.3. The van der Waals surface area contributed by atoms with Gasteiger partial charge in [-0.1, -0.05) is 18.2 Å². The van der Waals surface area contributed by atoms with E-state index in [1.54, 1.807) is 11.8 Å². The maximum absolute atomic E-state index is 12.6. The Morgan fingerprint density at radius 3 is 2.54 bits per heavy atom. The van der Waals surface area contributed by atoms with Crippen molar-refractivity contribution in [2.24, 2.45) is 7.05 Å². The van der Waals surface area contributed by atoms with Crippen molar-refractivity contribution in [3.05, 3.63) is 46.8 Å². The predicted octanol–water partition coefficient (Wildman–Crippen LogP) is 2.08. The number of aromatic nitrogens is 2. The van der Waals surface area contributed by atoms with Gasteiger partial charge in [-0.05, 0) is 34.0 Å². The van der Waals surface area contributed by atoms with Gasteiger partial charge in [-0.3, -0.25) is 9.48 Å². The van der Waals surface area contributed by atoms with Crippen molar-refractivity contribution >= 4 is 5.91 Å². The number of methoxy groups -OCH3 is 1. The topological polar surface area (TPSA) is 59.4 Å². The average Bonchev–Trinajstić information content (AvgIpc) is 2.80. The summed E-state index contributed by atoms with van der Waals surface area (Å²) in [4.78, 5) is 14.7. The van der Waals surface area contributed by atoms with Crippen LogP contribution in [0.2, 0.25) is 0 Å². The number of hydrogen-bond donors (Lipinski definition) is 1. The van der Waals surface area contributed by atoms with Crippen LogP contribution in [0.1, 0.15) is 33.4 Å². The lowest BCUT2D eigenvalue weighted by molar-refractivity contribution is 0.0940. The van der Waals surface area contributed by atoms with Gasteiger partial charge in [0.05, 0.1) is 24.4 Å². The van der Waals surface area contributed by atoms with Crippen LogP contribution in [0.15, 0.2) is 24.3 Å². The number of aryl methyl sites for hydroxylation is 2. The number of likely N-dealkylation sites (N-methyl/N-ethyl adjacent to an activating group) is 1. The molecule has 0 aliphatic carbocycles. The summed E-state index contributed by atoms with van der Waals surface area (Å²) in [5.41, 5.74) is 3.30. The van der Waals surface area contributed by atoms with E-state index in [1.165, 1.54) is 0 Å². The molecule has 6 nitrogen and oxygen atoms in total. The largest absolute Gasteiger partial charge is 0.496 e. The number of nitrogens with zero attached hydrogens (tertiary/aromatic N) is 3. The number of benzene rings is 1. The Hall–Kier alpha value is -2.34. The molecule has 0 radical (unpaired) electrons. The second-order valence-electron chi connectivity index (χ2n) is 6.10. The number of para-hydroxylation sites is 1. The molecule has 1 unspecified atom stereocenters. The van der Waals surface area contributed by atoms with Gasteiger partial charge in [-0.25, -0.2) is 0 Å². The number of nitrogens with one attached hydrogen (secondary N) is 1. The highest BCUT2D eigenvalue weighted by Crippen LogP contribution is 2.27. The summed E-state index contributed by atoms with van der Waals surface area (Å²) in [7, 11) is 7.48. The van der Waals surface area contributed by atoms with E-state index in [2.05, 4.69) is 15.3 Å². The van der Waals surface area contributed by atoms with Crippen molar-refractivity contribution in [2.75, 3.05) is 27.7 Å². The van der Waals surface area contributed by atoms with Crippen LogP contribution < -0.4 is 10.1 Å². The Labute approximate surface area is 143 Å². The Bertz CT molecular complexity index is 722. The van der Waals surface area contributed by atoms with Crippen LogP contribution in [0.25, 0.3) is 0 Å². The van der Waals surface area contributed by atoms with Crippen LogP contribution in [0.5, 0.6) is 5.75 Å². The van der Waals surface area contributed by atoms with Gasteiger partial charge in [0.15, 0.2) is 0 Å². The van der Waals surface area contributed by atoms with E-state index >= 15 is 0 Å². The summed E-state index contributed by atoms with van der Waals surface area (Å²) in [6, 6.07) is 7.89. The van der Waals surface area contributed by atoms with Gasteiger partial charge >= 0.3 is 0 Å². The molecule has 0 saturated heterocycles. The minimum atomic E-state index is -0.0974. The number of hydrogen-bond acceptors (Lipinski definition) is 4. The van der Waals surface area contributed by atoms with Gasteiger partial charge in [-0.2, -0.15) is 5.10 Å². The fourth-order valence-electron chi connectivity index (χ4n) is 2.89. The molecular formula is C18H26N4O2. The molecule has 6 heteroatoms. The maximum atomic E-state index is 12.6. The van der Waals surface area contributed by atoms with Gasteiger partial charge in [0.25, 0.3) is 5.91 Å². The first-order chi connectivity index (χ1) is 11.4. The molecule has 2 aromatic rings. The van der Waals surface area contributed by atoms with Gasteiger partial charge in [0.2, 0.25) is 0 Å². The Morgan fingerprint density at radius 1 is 1.33 bits per heavy atom. The van der Waals surface area contributed by atoms with E-state index in [1.807, 2.05) is 59.3 Å². The minimum absolute atomic E-state index is 0.0161. The smallest absolute Gasteiger partial charge is 0.255 e. The normalized spacial score (nSPS) is 12.3. The quantitative estimate of drug-likeness (QED) is 0.881. The summed E-state index contributed by atoms with van der Waals surface area (Å²) >= 11 is 0. The number of carbonyl (C=O) groups is 1. The van der Waals surface area contributed by atoms with Crippen LogP contribution in [-0.4, -0.2) is 48.3 Å². The van der Waals surface area contributed by atoms with Crippen LogP contribution in [0.3, 0.4) is 0 Å². The molecule has 0 bridgehead atoms. The summed E-state index contributed by atoms with van der Waals surface area (Å²) in [6.07, 6.45) is 0. The molecule has 1 aromatic carbocycles. The van der Waals surface area contributed by atoms with Crippen molar-refractivity contribution in [2.45, 2.75) is 19.9 Å². The summed E-state index contributed by atoms with van der Waals surface area (Å²) < 4.78 is 7.19. The summed E-state index contributed by atoms with van der Waals surface area (Å²) in [6.45, 7) is 4.24. The standard InChI is InChI=1S/C18H26N4O2/c1-12-17(13(2)22(5)20-12)18(23)19-11-15(21(3)4)14-9-7-8-10-16(14)24-6/h7-10,15H,11H2,1-6H3,(H,19,23). The highest BCUT2D eigenvalue weighted by molar-refractivity contribution is 5.96. The third-order valence-corrected chi connectivity index (χ3v) is 4.31. The van der Waals surface area contributed by atoms with Crippen LogP contribution >= 0.6 is 0 Å². The first-order valence-corrected chi connectivity index (χ1v) is 7.94. The molecule has 0 aliphatic heterocycles. The van der Waals surface area contributed by atoms with Crippen LogP contribution in [0.4, 0.5) is 0 Å². The zero-order valence-corrected chi connectivity index (χ0v) is 15.3. The third kappa shape index (κ3) is 3.59. The SMILES string of the molecule is COc1ccccc1C(CNC(=O)c1c(C)nn(C)c1C)N(C)C. The van der Waals surface area contributed by atoms with E-state index in [0.717, 1.165) is 22.7 Å². The lowest BCUT2D eigenvalue weighted by Crippen LogP contribution is -2.35. The van der Waals surface area contributed by atoms with Gasteiger partial charge in [0.1, 0.15) is 5.75 Å². The highest BCUT2D eigenvalue weighted by atomic mass is 16.5. The van der Waals surface area contributed by atoms with Crippen molar-refractivity contribution < 1.29 is 9.53 Å². The van der Waals surface area contributed by atoms with E-state index < -0.39 is 0 Å². The predicted molar refractivity (Wildman–Crippen MR) is 94.4 cm³/mol. The van der Waals surface area contributed by atoms with Gasteiger partial charge in [0, 0.05) is 24.8 Å². The fraction of sp³-hybridized carbons (Fsp3) is 0.444.